The highest BCUT2D eigenvalue weighted by Gasteiger charge is 2.09. The number of hydrogen-bond donors (Lipinski definition) is 0. The van der Waals surface area contributed by atoms with E-state index in [0.717, 1.165) is 16.2 Å². The second-order valence-electron chi connectivity index (χ2n) is 3.60. The van der Waals surface area contributed by atoms with Crippen molar-refractivity contribution in [2.75, 3.05) is 0 Å². The Balaban J connectivity index is 2.32. The Morgan fingerprint density at radius 1 is 1.25 bits per heavy atom. The van der Waals surface area contributed by atoms with Crippen LogP contribution in [0.2, 0.25) is 5.15 Å². The molecule has 0 aliphatic rings. The Labute approximate surface area is 102 Å². The molecular formula is C12H9ClN2S. The molecule has 3 aromatic rings. The van der Waals surface area contributed by atoms with Gasteiger partial charge in [-0.25, -0.2) is 4.98 Å². The standard InChI is InChI=1S/C12H9ClN2S/c1-8-5-6-10(16-8)12-14-7-9-3-2-4-11(13)15(9)12/h2-7H,1H3. The molecule has 0 saturated heterocycles. The van der Waals surface area contributed by atoms with E-state index in [1.54, 1.807) is 11.3 Å². The summed E-state index contributed by atoms with van der Waals surface area (Å²) >= 11 is 7.91. The lowest BCUT2D eigenvalue weighted by Crippen LogP contribution is -1.88. The zero-order valence-corrected chi connectivity index (χ0v) is 10.2. The van der Waals surface area contributed by atoms with Gasteiger partial charge in [0.1, 0.15) is 5.15 Å². The summed E-state index contributed by atoms with van der Waals surface area (Å²) in [6.07, 6.45) is 1.84. The molecule has 0 aliphatic heterocycles. The Kier molecular flexibility index (Phi) is 2.23. The van der Waals surface area contributed by atoms with Crippen molar-refractivity contribution in [3.63, 3.8) is 0 Å². The third-order valence-electron chi connectivity index (χ3n) is 2.46. The van der Waals surface area contributed by atoms with Crippen molar-refractivity contribution in [1.82, 2.24) is 9.38 Å². The molecule has 0 atom stereocenters. The third kappa shape index (κ3) is 1.44. The van der Waals surface area contributed by atoms with Crippen LogP contribution in [0.15, 0.2) is 36.5 Å². The van der Waals surface area contributed by atoms with Gasteiger partial charge in [0, 0.05) is 4.88 Å². The first-order chi connectivity index (χ1) is 7.75. The topological polar surface area (TPSA) is 17.3 Å². The van der Waals surface area contributed by atoms with E-state index >= 15 is 0 Å². The van der Waals surface area contributed by atoms with Crippen molar-refractivity contribution in [3.8, 4) is 10.7 Å². The predicted molar refractivity (Wildman–Crippen MR) is 68.3 cm³/mol. The van der Waals surface area contributed by atoms with Gasteiger partial charge in [-0.05, 0) is 31.2 Å². The molecule has 0 bridgehead atoms. The minimum atomic E-state index is 0.691. The first kappa shape index (κ1) is 9.87. The molecule has 0 aliphatic carbocycles. The average Bonchev–Trinajstić information content (AvgIpc) is 2.84. The van der Waals surface area contributed by atoms with Gasteiger partial charge in [-0.1, -0.05) is 17.7 Å². The summed E-state index contributed by atoms with van der Waals surface area (Å²) in [5, 5.41) is 0.691. The number of pyridine rings is 1. The summed E-state index contributed by atoms with van der Waals surface area (Å²) in [5.74, 6) is 0.915. The molecule has 0 spiro atoms. The molecule has 4 heteroatoms. The summed E-state index contributed by atoms with van der Waals surface area (Å²) in [6, 6.07) is 9.99. The molecule has 0 unspecified atom stereocenters. The van der Waals surface area contributed by atoms with E-state index < -0.39 is 0 Å². The van der Waals surface area contributed by atoms with Crippen molar-refractivity contribution < 1.29 is 0 Å². The third-order valence-corrected chi connectivity index (χ3v) is 3.76. The molecular weight excluding hydrogens is 240 g/mol. The molecule has 3 heterocycles. The molecule has 16 heavy (non-hydrogen) atoms. The fourth-order valence-electron chi connectivity index (χ4n) is 1.74. The van der Waals surface area contributed by atoms with E-state index in [0.29, 0.717) is 5.15 Å². The van der Waals surface area contributed by atoms with Crippen molar-refractivity contribution in [1.29, 1.82) is 0 Å². The van der Waals surface area contributed by atoms with Crippen molar-refractivity contribution in [2.24, 2.45) is 0 Å². The largest absolute Gasteiger partial charge is 0.282 e. The van der Waals surface area contributed by atoms with Crippen LogP contribution in [0.25, 0.3) is 16.2 Å². The average molecular weight is 249 g/mol. The first-order valence-corrected chi connectivity index (χ1v) is 6.14. The quantitative estimate of drug-likeness (QED) is 0.595. The maximum atomic E-state index is 6.19. The minimum absolute atomic E-state index is 0.691. The van der Waals surface area contributed by atoms with Crippen LogP contribution in [0.3, 0.4) is 0 Å². The zero-order chi connectivity index (χ0) is 11.1. The maximum Gasteiger partial charge on any atom is 0.155 e. The van der Waals surface area contributed by atoms with Crippen LogP contribution in [0, 0.1) is 6.92 Å². The molecule has 3 aromatic heterocycles. The molecule has 0 fully saturated rings. The predicted octanol–water partition coefficient (Wildman–Crippen LogP) is 4.02. The second kappa shape index (κ2) is 3.61. The number of aromatic nitrogens is 2. The number of fused-ring (bicyclic) bond motifs is 1. The summed E-state index contributed by atoms with van der Waals surface area (Å²) in [6.45, 7) is 2.09. The number of rotatable bonds is 1. The number of imidazole rings is 1. The van der Waals surface area contributed by atoms with Crippen LogP contribution in [0.4, 0.5) is 0 Å². The van der Waals surface area contributed by atoms with Gasteiger partial charge in [0.2, 0.25) is 0 Å². The minimum Gasteiger partial charge on any atom is -0.282 e. The molecule has 0 radical (unpaired) electrons. The fourth-order valence-corrected chi connectivity index (χ4v) is 2.84. The smallest absolute Gasteiger partial charge is 0.155 e. The van der Waals surface area contributed by atoms with E-state index in [-0.39, 0.29) is 0 Å². The lowest BCUT2D eigenvalue weighted by molar-refractivity contribution is 1.17. The molecule has 80 valence electrons. The van der Waals surface area contributed by atoms with Crippen LogP contribution >= 0.6 is 22.9 Å². The molecule has 0 aromatic carbocycles. The van der Waals surface area contributed by atoms with Gasteiger partial charge in [0.25, 0.3) is 0 Å². The van der Waals surface area contributed by atoms with E-state index in [9.17, 15) is 0 Å². The Morgan fingerprint density at radius 2 is 2.12 bits per heavy atom. The highest BCUT2D eigenvalue weighted by atomic mass is 35.5. The van der Waals surface area contributed by atoms with Gasteiger partial charge in [-0.3, -0.25) is 4.40 Å². The lowest BCUT2D eigenvalue weighted by Gasteiger charge is -2.00. The van der Waals surface area contributed by atoms with Crippen LogP contribution in [0.1, 0.15) is 4.88 Å². The van der Waals surface area contributed by atoms with Crippen molar-refractivity contribution in [3.05, 3.63) is 46.6 Å². The molecule has 3 rings (SSSR count). The van der Waals surface area contributed by atoms with Crippen molar-refractivity contribution >= 4 is 28.5 Å². The van der Waals surface area contributed by atoms with E-state index in [1.165, 1.54) is 4.88 Å². The van der Waals surface area contributed by atoms with Gasteiger partial charge in [-0.2, -0.15) is 0 Å². The number of thiophene rings is 1. The van der Waals surface area contributed by atoms with Gasteiger partial charge in [-0.15, -0.1) is 11.3 Å². The number of nitrogens with zero attached hydrogens (tertiary/aromatic N) is 2. The van der Waals surface area contributed by atoms with Gasteiger partial charge >= 0.3 is 0 Å². The maximum absolute atomic E-state index is 6.19. The van der Waals surface area contributed by atoms with E-state index in [4.69, 9.17) is 11.6 Å². The summed E-state index contributed by atoms with van der Waals surface area (Å²) < 4.78 is 1.97. The zero-order valence-electron chi connectivity index (χ0n) is 8.64. The lowest BCUT2D eigenvalue weighted by atomic mass is 10.4. The monoisotopic (exact) mass is 248 g/mol. The van der Waals surface area contributed by atoms with Gasteiger partial charge < -0.3 is 0 Å². The van der Waals surface area contributed by atoms with Gasteiger partial charge in [0.15, 0.2) is 5.82 Å². The highest BCUT2D eigenvalue weighted by molar-refractivity contribution is 7.15. The number of halogens is 1. The van der Waals surface area contributed by atoms with E-state index in [1.807, 2.05) is 28.8 Å². The van der Waals surface area contributed by atoms with Crippen LogP contribution < -0.4 is 0 Å². The highest BCUT2D eigenvalue weighted by Crippen LogP contribution is 2.29. The SMILES string of the molecule is Cc1ccc(-c2ncc3cccc(Cl)n23)s1. The Hall–Kier alpha value is -1.32. The van der Waals surface area contributed by atoms with Crippen LogP contribution in [-0.4, -0.2) is 9.38 Å². The van der Waals surface area contributed by atoms with Gasteiger partial charge in [0.05, 0.1) is 16.6 Å². The Morgan fingerprint density at radius 3 is 2.88 bits per heavy atom. The van der Waals surface area contributed by atoms with Crippen molar-refractivity contribution in [2.45, 2.75) is 6.92 Å². The first-order valence-electron chi connectivity index (χ1n) is 4.94. The molecule has 0 amide bonds. The fraction of sp³-hybridized carbons (Fsp3) is 0.0833. The van der Waals surface area contributed by atoms with Crippen LogP contribution in [-0.2, 0) is 0 Å². The molecule has 0 N–H and O–H groups in total. The molecule has 2 nitrogen and oxygen atoms in total. The normalized spacial score (nSPS) is 11.1. The number of hydrogen-bond acceptors (Lipinski definition) is 2. The van der Waals surface area contributed by atoms with Crippen LogP contribution in [0.5, 0.6) is 0 Å². The second-order valence-corrected chi connectivity index (χ2v) is 5.28. The van der Waals surface area contributed by atoms with E-state index in [2.05, 4.69) is 24.0 Å². The summed E-state index contributed by atoms with van der Waals surface area (Å²) in [4.78, 5) is 6.85. The summed E-state index contributed by atoms with van der Waals surface area (Å²) in [7, 11) is 0. The molecule has 0 saturated carbocycles. The number of aryl methyl sites for hydroxylation is 1. The summed E-state index contributed by atoms with van der Waals surface area (Å²) in [5.41, 5.74) is 1.02. The Bertz CT molecular complexity index is 654.